The summed E-state index contributed by atoms with van der Waals surface area (Å²) in [4.78, 5) is 31.1. The molecule has 0 bridgehead atoms. The van der Waals surface area contributed by atoms with E-state index in [1.807, 2.05) is 18.0 Å². The summed E-state index contributed by atoms with van der Waals surface area (Å²) in [7, 11) is 0. The minimum absolute atomic E-state index is 0.0308. The number of amides is 2. The van der Waals surface area contributed by atoms with Gasteiger partial charge in [-0.2, -0.15) is 0 Å². The Kier molecular flexibility index (Phi) is 5.45. The third kappa shape index (κ3) is 4.61. The molecular weight excluding hydrogens is 316 g/mol. The van der Waals surface area contributed by atoms with E-state index in [0.29, 0.717) is 24.7 Å². The van der Waals surface area contributed by atoms with Crippen molar-refractivity contribution in [1.29, 1.82) is 0 Å². The summed E-state index contributed by atoms with van der Waals surface area (Å²) in [6.45, 7) is 8.57. The van der Waals surface area contributed by atoms with Crippen LogP contribution in [0.1, 0.15) is 64.0 Å². The molecule has 6 heteroatoms. The normalized spacial score (nSPS) is 19.8. The molecule has 1 fully saturated rings. The van der Waals surface area contributed by atoms with Crippen LogP contribution < -0.4 is 5.32 Å². The molecule has 3 rings (SSSR count). The van der Waals surface area contributed by atoms with Gasteiger partial charge in [-0.25, -0.2) is 4.98 Å². The first-order valence-electron chi connectivity index (χ1n) is 9.56. The van der Waals surface area contributed by atoms with Gasteiger partial charge < -0.3 is 14.8 Å². The molecule has 1 aromatic rings. The first-order valence-corrected chi connectivity index (χ1v) is 9.56. The van der Waals surface area contributed by atoms with Crippen LogP contribution in [0.3, 0.4) is 0 Å². The van der Waals surface area contributed by atoms with E-state index in [1.54, 1.807) is 0 Å². The standard InChI is InChI=1S/C19H30N4O2/c1-13(2)4-7-18(25)23-9-8-22-12-16(21-19(22)14(23)3)10-17(24)20-11-15-5-6-15/h12-15H,4-11H2,1-3H3,(H,20,24)/t14-/m0/s1. The second-order valence-corrected chi connectivity index (χ2v) is 7.90. The fraction of sp³-hybridized carbons (Fsp3) is 0.737. The Hall–Kier alpha value is -1.85. The van der Waals surface area contributed by atoms with Crippen LogP contribution in [0.25, 0.3) is 0 Å². The largest absolute Gasteiger partial charge is 0.355 e. The quantitative estimate of drug-likeness (QED) is 0.824. The maximum atomic E-state index is 12.5. The molecule has 0 radical (unpaired) electrons. The Morgan fingerprint density at radius 2 is 2.08 bits per heavy atom. The Labute approximate surface area is 150 Å². The van der Waals surface area contributed by atoms with Gasteiger partial charge in [0.1, 0.15) is 5.82 Å². The molecule has 25 heavy (non-hydrogen) atoms. The zero-order valence-corrected chi connectivity index (χ0v) is 15.6. The molecule has 1 atom stereocenters. The average Bonchev–Trinajstić information content (AvgIpc) is 3.30. The summed E-state index contributed by atoms with van der Waals surface area (Å²) in [5.74, 6) is 2.37. The second-order valence-electron chi connectivity index (χ2n) is 7.90. The summed E-state index contributed by atoms with van der Waals surface area (Å²) in [5.41, 5.74) is 0.798. The number of carbonyl (C=O) groups excluding carboxylic acids is 2. The van der Waals surface area contributed by atoms with E-state index in [0.717, 1.165) is 37.6 Å². The second kappa shape index (κ2) is 7.58. The molecule has 0 unspecified atom stereocenters. The number of rotatable bonds is 7. The van der Waals surface area contributed by atoms with E-state index < -0.39 is 0 Å². The van der Waals surface area contributed by atoms with Crippen LogP contribution in [0.4, 0.5) is 0 Å². The molecule has 138 valence electrons. The molecule has 1 aliphatic heterocycles. The fourth-order valence-electron chi connectivity index (χ4n) is 3.34. The highest BCUT2D eigenvalue weighted by Gasteiger charge is 2.29. The van der Waals surface area contributed by atoms with Crippen LogP contribution in [-0.2, 0) is 22.6 Å². The first kappa shape index (κ1) is 18.0. The lowest BCUT2D eigenvalue weighted by Gasteiger charge is -2.34. The molecule has 0 spiro atoms. The highest BCUT2D eigenvalue weighted by atomic mass is 16.2. The molecule has 1 aromatic heterocycles. The first-order chi connectivity index (χ1) is 11.9. The van der Waals surface area contributed by atoms with Gasteiger partial charge in [0.05, 0.1) is 18.2 Å². The van der Waals surface area contributed by atoms with Crippen molar-refractivity contribution in [2.24, 2.45) is 11.8 Å². The molecular formula is C19H30N4O2. The number of imidazole rings is 1. The van der Waals surface area contributed by atoms with Gasteiger partial charge in [-0.05, 0) is 38.0 Å². The molecule has 1 aliphatic carbocycles. The third-order valence-electron chi connectivity index (χ3n) is 5.16. The summed E-state index contributed by atoms with van der Waals surface area (Å²) in [6.07, 6.45) is 6.27. The van der Waals surface area contributed by atoms with Crippen molar-refractivity contribution in [3.8, 4) is 0 Å². The zero-order chi connectivity index (χ0) is 18.0. The van der Waals surface area contributed by atoms with Crippen LogP contribution in [0, 0.1) is 11.8 Å². The average molecular weight is 346 g/mol. The summed E-state index contributed by atoms with van der Waals surface area (Å²) in [5, 5.41) is 2.99. The third-order valence-corrected chi connectivity index (χ3v) is 5.16. The van der Waals surface area contributed by atoms with Gasteiger partial charge in [0.25, 0.3) is 0 Å². The summed E-state index contributed by atoms with van der Waals surface area (Å²) < 4.78 is 2.10. The van der Waals surface area contributed by atoms with Crippen molar-refractivity contribution in [3.63, 3.8) is 0 Å². The van der Waals surface area contributed by atoms with Gasteiger partial charge >= 0.3 is 0 Å². The van der Waals surface area contributed by atoms with E-state index in [9.17, 15) is 9.59 Å². The van der Waals surface area contributed by atoms with Crippen molar-refractivity contribution < 1.29 is 9.59 Å². The van der Waals surface area contributed by atoms with Crippen LogP contribution in [-0.4, -0.2) is 39.4 Å². The smallest absolute Gasteiger partial charge is 0.226 e. The van der Waals surface area contributed by atoms with Crippen molar-refractivity contribution in [3.05, 3.63) is 17.7 Å². The molecule has 2 aliphatic rings. The Morgan fingerprint density at radius 1 is 1.32 bits per heavy atom. The van der Waals surface area contributed by atoms with E-state index in [4.69, 9.17) is 0 Å². The monoisotopic (exact) mass is 346 g/mol. The highest BCUT2D eigenvalue weighted by molar-refractivity contribution is 5.78. The minimum atomic E-state index is -0.0308. The maximum Gasteiger partial charge on any atom is 0.226 e. The van der Waals surface area contributed by atoms with Crippen molar-refractivity contribution >= 4 is 11.8 Å². The van der Waals surface area contributed by atoms with Crippen LogP contribution in [0.15, 0.2) is 6.20 Å². The number of nitrogens with one attached hydrogen (secondary N) is 1. The minimum Gasteiger partial charge on any atom is -0.355 e. The molecule has 2 heterocycles. The maximum absolute atomic E-state index is 12.5. The lowest BCUT2D eigenvalue weighted by molar-refractivity contribution is -0.134. The van der Waals surface area contributed by atoms with Gasteiger partial charge in [0.15, 0.2) is 0 Å². The van der Waals surface area contributed by atoms with E-state index in [-0.39, 0.29) is 17.9 Å². The summed E-state index contributed by atoms with van der Waals surface area (Å²) >= 11 is 0. The van der Waals surface area contributed by atoms with Crippen LogP contribution >= 0.6 is 0 Å². The number of nitrogens with zero attached hydrogens (tertiary/aromatic N) is 3. The highest BCUT2D eigenvalue weighted by Crippen LogP contribution is 2.28. The predicted octanol–water partition coefficient (Wildman–Crippen LogP) is 2.29. The van der Waals surface area contributed by atoms with Gasteiger partial charge in [-0.15, -0.1) is 0 Å². The topological polar surface area (TPSA) is 67.2 Å². The van der Waals surface area contributed by atoms with Crippen molar-refractivity contribution in [1.82, 2.24) is 19.8 Å². The van der Waals surface area contributed by atoms with Gasteiger partial charge in [0, 0.05) is 32.3 Å². The number of fused-ring (bicyclic) bond motifs is 1. The van der Waals surface area contributed by atoms with E-state index >= 15 is 0 Å². The molecule has 0 aromatic carbocycles. The van der Waals surface area contributed by atoms with Gasteiger partial charge in [0.2, 0.25) is 11.8 Å². The number of hydrogen-bond acceptors (Lipinski definition) is 3. The van der Waals surface area contributed by atoms with Crippen molar-refractivity contribution in [2.75, 3.05) is 13.1 Å². The SMILES string of the molecule is CC(C)CCC(=O)N1CCn2cc(CC(=O)NCC3CC3)nc2[C@@H]1C. The molecule has 1 saturated carbocycles. The van der Waals surface area contributed by atoms with Gasteiger partial charge in [-0.3, -0.25) is 9.59 Å². The number of hydrogen-bond donors (Lipinski definition) is 1. The zero-order valence-electron chi connectivity index (χ0n) is 15.6. The molecule has 0 saturated heterocycles. The summed E-state index contributed by atoms with van der Waals surface area (Å²) in [6, 6.07) is -0.0308. The van der Waals surface area contributed by atoms with E-state index in [2.05, 4.69) is 28.7 Å². The van der Waals surface area contributed by atoms with Crippen LogP contribution in [0.2, 0.25) is 0 Å². The Bertz CT molecular complexity index is 633. The van der Waals surface area contributed by atoms with E-state index in [1.165, 1.54) is 12.8 Å². The number of aromatic nitrogens is 2. The lowest BCUT2D eigenvalue weighted by atomic mass is 10.1. The number of carbonyl (C=O) groups is 2. The fourth-order valence-corrected chi connectivity index (χ4v) is 3.34. The molecule has 6 nitrogen and oxygen atoms in total. The Balaban J connectivity index is 1.58. The Morgan fingerprint density at radius 3 is 2.76 bits per heavy atom. The predicted molar refractivity (Wildman–Crippen MR) is 95.9 cm³/mol. The molecule has 1 N–H and O–H groups in total. The van der Waals surface area contributed by atoms with Crippen molar-refractivity contribution in [2.45, 2.75) is 65.5 Å². The van der Waals surface area contributed by atoms with Gasteiger partial charge in [-0.1, -0.05) is 13.8 Å². The molecule has 2 amide bonds. The van der Waals surface area contributed by atoms with Crippen LogP contribution in [0.5, 0.6) is 0 Å². The lowest BCUT2D eigenvalue weighted by Crippen LogP contribution is -2.41.